The van der Waals surface area contributed by atoms with Crippen LogP contribution in [0.5, 0.6) is 5.75 Å². The van der Waals surface area contributed by atoms with Crippen LogP contribution in [-0.4, -0.2) is 57.8 Å². The number of phenols is 1. The maximum atomic E-state index is 13.5. The van der Waals surface area contributed by atoms with Gasteiger partial charge in [-0.05, 0) is 48.5 Å². The second-order valence-electron chi connectivity index (χ2n) is 8.80. The first-order valence-corrected chi connectivity index (χ1v) is 13.9. The molecular weight excluding hydrogens is 611 g/mol. The van der Waals surface area contributed by atoms with Crippen LogP contribution in [0.25, 0.3) is 17.1 Å². The van der Waals surface area contributed by atoms with E-state index in [9.17, 15) is 23.1 Å². The zero-order chi connectivity index (χ0) is 28.3. The van der Waals surface area contributed by atoms with Crippen LogP contribution in [0, 0.1) is 0 Å². The van der Waals surface area contributed by atoms with Gasteiger partial charge < -0.3 is 20.1 Å². The number of morpholine rings is 1. The summed E-state index contributed by atoms with van der Waals surface area (Å²) in [7, 11) is 0. The Morgan fingerprint density at radius 2 is 1.80 bits per heavy atom. The summed E-state index contributed by atoms with van der Waals surface area (Å²) >= 11 is 4.48. The van der Waals surface area contributed by atoms with E-state index in [1.54, 1.807) is 16.7 Å². The summed E-state index contributed by atoms with van der Waals surface area (Å²) in [5, 5.41) is 22.1. The van der Waals surface area contributed by atoms with Crippen molar-refractivity contribution in [2.75, 3.05) is 42.3 Å². The van der Waals surface area contributed by atoms with Crippen molar-refractivity contribution in [2.24, 2.45) is 0 Å². The van der Waals surface area contributed by atoms with Crippen LogP contribution in [0.1, 0.15) is 5.56 Å². The van der Waals surface area contributed by atoms with Crippen molar-refractivity contribution < 1.29 is 27.8 Å². The molecule has 0 atom stereocenters. The molecule has 40 heavy (non-hydrogen) atoms. The quantitative estimate of drug-likeness (QED) is 0.242. The number of carbonyl (C=O) groups is 1. The summed E-state index contributed by atoms with van der Waals surface area (Å²) in [5.41, 5.74) is 0.856. The van der Waals surface area contributed by atoms with Gasteiger partial charge in [-0.15, -0.1) is 10.2 Å². The average molecular weight is 634 g/mol. The normalized spacial score (nSPS) is 13.8. The van der Waals surface area contributed by atoms with Crippen LogP contribution in [0.15, 0.2) is 76.4 Å². The Labute approximate surface area is 240 Å². The number of nitrogens with zero attached hydrogens (tertiary/aromatic N) is 4. The molecule has 208 valence electrons. The number of anilines is 2. The van der Waals surface area contributed by atoms with Gasteiger partial charge in [0.25, 0.3) is 0 Å². The largest absolute Gasteiger partial charge is 0.507 e. The van der Waals surface area contributed by atoms with Gasteiger partial charge in [0.05, 0.1) is 41.5 Å². The topological polar surface area (TPSA) is 92.5 Å². The molecule has 2 heterocycles. The number of phenolic OH excluding ortho intramolecular Hbond substituents is 1. The zero-order valence-corrected chi connectivity index (χ0v) is 23.3. The molecule has 0 saturated carbocycles. The minimum atomic E-state index is -4.56. The van der Waals surface area contributed by atoms with Crippen LogP contribution in [-0.2, 0) is 15.7 Å². The smallest absolute Gasteiger partial charge is 0.416 e. The maximum absolute atomic E-state index is 13.5. The third kappa shape index (κ3) is 6.26. The van der Waals surface area contributed by atoms with E-state index in [-0.39, 0.29) is 17.2 Å². The number of alkyl halides is 3. The molecule has 0 bridgehead atoms. The third-order valence-corrected chi connectivity index (χ3v) is 7.55. The molecule has 3 aromatic carbocycles. The molecular formula is C27H23BrF3N5O3S. The summed E-state index contributed by atoms with van der Waals surface area (Å²) in [5.74, 6) is -0.287. The SMILES string of the molecule is O=C(CSc1nnc(-c2cc(Br)ccc2O)n1-c1ccccc1)Nc1cc(C(F)(F)F)ccc1N1CCOCC1. The second kappa shape index (κ2) is 11.9. The Kier molecular flexibility index (Phi) is 8.33. The summed E-state index contributed by atoms with van der Waals surface area (Å²) < 4.78 is 48.2. The summed E-state index contributed by atoms with van der Waals surface area (Å²) in [4.78, 5) is 14.9. The van der Waals surface area contributed by atoms with Crippen molar-refractivity contribution in [3.05, 3.63) is 76.8 Å². The zero-order valence-electron chi connectivity index (χ0n) is 20.9. The molecule has 13 heteroatoms. The van der Waals surface area contributed by atoms with Gasteiger partial charge in [0, 0.05) is 23.2 Å². The number of amides is 1. The molecule has 0 aliphatic carbocycles. The molecule has 4 aromatic rings. The molecule has 1 aliphatic heterocycles. The van der Waals surface area contributed by atoms with E-state index in [0.717, 1.165) is 28.4 Å². The van der Waals surface area contributed by atoms with Crippen molar-refractivity contribution in [3.63, 3.8) is 0 Å². The Balaban J connectivity index is 1.41. The molecule has 1 aliphatic rings. The lowest BCUT2D eigenvalue weighted by Gasteiger charge is -2.31. The number of carbonyl (C=O) groups excluding carboxylic acids is 1. The minimum absolute atomic E-state index is 0.00210. The van der Waals surface area contributed by atoms with Crippen molar-refractivity contribution in [3.8, 4) is 22.8 Å². The highest BCUT2D eigenvalue weighted by Gasteiger charge is 2.32. The fourth-order valence-corrected chi connectivity index (χ4v) is 5.36. The fourth-order valence-electron chi connectivity index (χ4n) is 4.24. The van der Waals surface area contributed by atoms with E-state index in [1.807, 2.05) is 35.2 Å². The lowest BCUT2D eigenvalue weighted by molar-refractivity contribution is -0.137. The first-order valence-electron chi connectivity index (χ1n) is 12.2. The molecule has 1 amide bonds. The predicted molar refractivity (Wildman–Crippen MR) is 150 cm³/mol. The molecule has 1 fully saturated rings. The van der Waals surface area contributed by atoms with E-state index in [0.29, 0.717) is 54.2 Å². The van der Waals surface area contributed by atoms with E-state index < -0.39 is 17.6 Å². The first-order chi connectivity index (χ1) is 19.2. The van der Waals surface area contributed by atoms with E-state index in [4.69, 9.17) is 4.74 Å². The van der Waals surface area contributed by atoms with Crippen molar-refractivity contribution in [1.82, 2.24) is 14.8 Å². The third-order valence-electron chi connectivity index (χ3n) is 6.13. The molecule has 1 aromatic heterocycles. The predicted octanol–water partition coefficient (Wildman–Crippen LogP) is 5.99. The highest BCUT2D eigenvalue weighted by atomic mass is 79.9. The molecule has 8 nitrogen and oxygen atoms in total. The summed E-state index contributed by atoms with van der Waals surface area (Å²) in [6.07, 6.45) is -4.56. The number of rotatable bonds is 7. The number of halogens is 4. The molecule has 2 N–H and O–H groups in total. The van der Waals surface area contributed by atoms with Crippen LogP contribution in [0.4, 0.5) is 24.5 Å². The lowest BCUT2D eigenvalue weighted by Crippen LogP contribution is -2.37. The van der Waals surface area contributed by atoms with Gasteiger partial charge in [-0.25, -0.2) is 0 Å². The number of thioether (sulfide) groups is 1. The Morgan fingerprint density at radius 1 is 1.05 bits per heavy atom. The number of hydrogen-bond acceptors (Lipinski definition) is 7. The van der Waals surface area contributed by atoms with Crippen LogP contribution in [0.3, 0.4) is 0 Å². The van der Waals surface area contributed by atoms with Gasteiger partial charge in [0.2, 0.25) is 5.91 Å². The molecule has 5 rings (SSSR count). The summed E-state index contributed by atoms with van der Waals surface area (Å²) in [6.45, 7) is 1.87. The van der Waals surface area contributed by atoms with E-state index in [1.165, 1.54) is 12.1 Å². The number of nitrogens with one attached hydrogen (secondary N) is 1. The monoisotopic (exact) mass is 633 g/mol. The van der Waals surface area contributed by atoms with Gasteiger partial charge in [-0.3, -0.25) is 9.36 Å². The number of ether oxygens (including phenoxy) is 1. The Bertz CT molecular complexity index is 1510. The van der Waals surface area contributed by atoms with Crippen molar-refractivity contribution >= 4 is 45.0 Å². The van der Waals surface area contributed by atoms with Crippen LogP contribution < -0.4 is 10.2 Å². The molecule has 1 saturated heterocycles. The Hall–Kier alpha value is -3.55. The number of aromatic hydroxyl groups is 1. The highest BCUT2D eigenvalue weighted by Crippen LogP contribution is 2.37. The minimum Gasteiger partial charge on any atom is -0.507 e. The maximum Gasteiger partial charge on any atom is 0.416 e. The number of benzene rings is 3. The van der Waals surface area contributed by atoms with E-state index >= 15 is 0 Å². The lowest BCUT2D eigenvalue weighted by atomic mass is 10.1. The van der Waals surface area contributed by atoms with Crippen LogP contribution >= 0.6 is 27.7 Å². The van der Waals surface area contributed by atoms with Crippen LogP contribution in [0.2, 0.25) is 0 Å². The first kappa shape index (κ1) is 28.0. The molecule has 0 spiro atoms. The van der Waals surface area contributed by atoms with Gasteiger partial charge >= 0.3 is 6.18 Å². The Morgan fingerprint density at radius 3 is 2.52 bits per heavy atom. The summed E-state index contributed by atoms with van der Waals surface area (Å²) in [6, 6.07) is 17.5. The second-order valence-corrected chi connectivity index (χ2v) is 10.7. The standard InChI is InChI=1S/C27H23BrF3N5O3S/c28-18-7-9-23(37)20(15-18)25-33-34-26(36(25)19-4-2-1-3-5-19)40-16-24(38)32-21-14-17(27(29,30)31)6-8-22(21)35-10-12-39-13-11-35/h1-9,14-15,37H,10-13,16H2,(H,32,38). The molecule has 0 unspecified atom stereocenters. The van der Waals surface area contributed by atoms with Gasteiger partial charge in [-0.2, -0.15) is 13.2 Å². The van der Waals surface area contributed by atoms with Gasteiger partial charge in [0.15, 0.2) is 11.0 Å². The highest BCUT2D eigenvalue weighted by molar-refractivity contribution is 9.10. The number of aromatic nitrogens is 3. The van der Waals surface area contributed by atoms with Crippen molar-refractivity contribution in [2.45, 2.75) is 11.3 Å². The average Bonchev–Trinajstić information content (AvgIpc) is 3.37. The van der Waals surface area contributed by atoms with Crippen molar-refractivity contribution in [1.29, 1.82) is 0 Å². The van der Waals surface area contributed by atoms with Gasteiger partial charge in [0.1, 0.15) is 5.75 Å². The van der Waals surface area contributed by atoms with E-state index in [2.05, 4.69) is 31.4 Å². The van der Waals surface area contributed by atoms with Gasteiger partial charge in [-0.1, -0.05) is 45.9 Å². The number of para-hydroxylation sites is 1. The fraction of sp³-hybridized carbons (Fsp3) is 0.222. The molecule has 0 radical (unpaired) electrons. The number of hydrogen-bond donors (Lipinski definition) is 2.